The molecule has 4 nitrogen and oxygen atoms in total. The molecule has 0 amide bonds. The largest absolute Gasteiger partial charge is 0.279 e. The molecule has 0 aliphatic rings. The van der Waals surface area contributed by atoms with Crippen molar-refractivity contribution in [2.45, 2.75) is 25.7 Å². The van der Waals surface area contributed by atoms with Gasteiger partial charge in [-0.3, -0.25) is 0 Å². The monoisotopic (exact) mass is 334 g/mol. The van der Waals surface area contributed by atoms with Crippen LogP contribution in [0.2, 0.25) is 0 Å². The molecular formula is C12H19BrN2O2S. The molecule has 0 saturated heterocycles. The number of alkyl halides is 1. The molecular weight excluding hydrogens is 316 g/mol. The first kappa shape index (κ1) is 15.6. The van der Waals surface area contributed by atoms with Crippen LogP contribution < -0.4 is 4.72 Å². The Kier molecular flexibility index (Phi) is 6.28. The van der Waals surface area contributed by atoms with Crippen molar-refractivity contribution < 1.29 is 8.42 Å². The second-order valence-electron chi connectivity index (χ2n) is 3.86. The Morgan fingerprint density at radius 1 is 1.11 bits per heavy atom. The third-order valence-electron chi connectivity index (χ3n) is 2.68. The van der Waals surface area contributed by atoms with Gasteiger partial charge in [-0.1, -0.05) is 54.0 Å². The van der Waals surface area contributed by atoms with Gasteiger partial charge in [-0.2, -0.15) is 17.4 Å². The van der Waals surface area contributed by atoms with Crippen molar-refractivity contribution in [2.75, 3.05) is 13.1 Å². The molecule has 18 heavy (non-hydrogen) atoms. The molecule has 0 atom stereocenters. The summed E-state index contributed by atoms with van der Waals surface area (Å²) in [6, 6.07) is 7.83. The normalized spacial score (nSPS) is 12.0. The van der Waals surface area contributed by atoms with E-state index in [0.717, 1.165) is 10.9 Å². The Hall–Kier alpha value is -0.430. The number of rotatable bonds is 7. The van der Waals surface area contributed by atoms with Gasteiger partial charge in [-0.25, -0.2) is 0 Å². The lowest BCUT2D eigenvalue weighted by molar-refractivity contribution is 0.434. The van der Waals surface area contributed by atoms with Crippen LogP contribution in [0.25, 0.3) is 0 Å². The summed E-state index contributed by atoms with van der Waals surface area (Å²) in [5, 5.41) is 0.804. The van der Waals surface area contributed by atoms with Gasteiger partial charge >= 0.3 is 0 Å². The van der Waals surface area contributed by atoms with Crippen molar-refractivity contribution in [1.29, 1.82) is 0 Å². The standard InChI is InChI=1S/C12H19BrN2O2S/c1-3-15(4-2)18(16,17)14-10-12-7-5-11(9-13)6-8-12/h5-8,14H,3-4,9-10H2,1-2H3. The molecule has 0 aliphatic heterocycles. The lowest BCUT2D eigenvalue weighted by Crippen LogP contribution is -2.40. The minimum Gasteiger partial charge on any atom is -0.198 e. The molecule has 0 heterocycles. The van der Waals surface area contributed by atoms with Crippen molar-refractivity contribution in [1.82, 2.24) is 9.03 Å². The van der Waals surface area contributed by atoms with Crippen LogP contribution in [0.1, 0.15) is 25.0 Å². The van der Waals surface area contributed by atoms with Crippen LogP contribution in [-0.2, 0) is 22.1 Å². The number of nitrogens with one attached hydrogen (secondary N) is 1. The van der Waals surface area contributed by atoms with E-state index in [1.807, 2.05) is 38.1 Å². The lowest BCUT2D eigenvalue weighted by atomic mass is 10.2. The molecule has 1 N–H and O–H groups in total. The molecule has 0 fully saturated rings. The topological polar surface area (TPSA) is 49.4 Å². The second-order valence-corrected chi connectivity index (χ2v) is 6.18. The maximum absolute atomic E-state index is 11.9. The van der Waals surface area contributed by atoms with E-state index in [-0.39, 0.29) is 0 Å². The van der Waals surface area contributed by atoms with Crippen molar-refractivity contribution >= 4 is 26.1 Å². The van der Waals surface area contributed by atoms with E-state index >= 15 is 0 Å². The van der Waals surface area contributed by atoms with E-state index in [1.54, 1.807) is 0 Å². The van der Waals surface area contributed by atoms with Crippen LogP contribution in [0.3, 0.4) is 0 Å². The maximum Gasteiger partial charge on any atom is 0.279 e. The van der Waals surface area contributed by atoms with Crippen molar-refractivity contribution in [3.05, 3.63) is 35.4 Å². The molecule has 102 valence electrons. The first-order chi connectivity index (χ1) is 8.53. The van der Waals surface area contributed by atoms with E-state index in [4.69, 9.17) is 0 Å². The first-order valence-electron chi connectivity index (χ1n) is 5.92. The van der Waals surface area contributed by atoms with Gasteiger partial charge in [0.1, 0.15) is 0 Å². The van der Waals surface area contributed by atoms with Crippen LogP contribution in [0.15, 0.2) is 24.3 Å². The third-order valence-corrected chi connectivity index (χ3v) is 5.03. The smallest absolute Gasteiger partial charge is 0.198 e. The Morgan fingerprint density at radius 3 is 2.06 bits per heavy atom. The Morgan fingerprint density at radius 2 is 1.61 bits per heavy atom. The number of hydrogen-bond acceptors (Lipinski definition) is 2. The summed E-state index contributed by atoms with van der Waals surface area (Å²) in [7, 11) is -3.36. The fourth-order valence-corrected chi connectivity index (χ4v) is 3.16. The molecule has 0 unspecified atom stereocenters. The predicted molar refractivity (Wildman–Crippen MR) is 77.8 cm³/mol. The minimum absolute atomic E-state index is 0.321. The summed E-state index contributed by atoms with van der Waals surface area (Å²) in [6.07, 6.45) is 0. The lowest BCUT2D eigenvalue weighted by Gasteiger charge is -2.18. The summed E-state index contributed by atoms with van der Waals surface area (Å²) in [5.74, 6) is 0. The zero-order valence-corrected chi connectivity index (χ0v) is 13.1. The molecule has 0 spiro atoms. The molecule has 0 aliphatic carbocycles. The third kappa shape index (κ3) is 4.35. The van der Waals surface area contributed by atoms with Crippen LogP contribution in [0, 0.1) is 0 Å². The van der Waals surface area contributed by atoms with Gasteiger partial charge in [0.05, 0.1) is 0 Å². The summed E-state index contributed by atoms with van der Waals surface area (Å²) in [6.45, 7) is 4.94. The Bertz CT molecular complexity index is 455. The van der Waals surface area contributed by atoms with Gasteiger partial charge < -0.3 is 0 Å². The zero-order valence-electron chi connectivity index (χ0n) is 10.7. The van der Waals surface area contributed by atoms with Crippen LogP contribution >= 0.6 is 15.9 Å². The molecule has 0 radical (unpaired) electrons. The molecule has 0 saturated carbocycles. The van der Waals surface area contributed by atoms with Gasteiger partial charge in [0.15, 0.2) is 0 Å². The van der Waals surface area contributed by atoms with Crippen LogP contribution in [-0.4, -0.2) is 25.8 Å². The van der Waals surface area contributed by atoms with Gasteiger partial charge in [-0.15, -0.1) is 0 Å². The molecule has 1 aromatic rings. The van der Waals surface area contributed by atoms with Crippen molar-refractivity contribution in [3.8, 4) is 0 Å². The number of halogens is 1. The van der Waals surface area contributed by atoms with E-state index in [1.165, 1.54) is 9.87 Å². The quantitative estimate of drug-likeness (QED) is 0.777. The van der Waals surface area contributed by atoms with E-state index in [9.17, 15) is 8.42 Å². The Labute approximate surface area is 118 Å². The molecule has 0 aromatic heterocycles. The van der Waals surface area contributed by atoms with Gasteiger partial charge in [0.2, 0.25) is 0 Å². The molecule has 0 bridgehead atoms. The average molecular weight is 335 g/mol. The first-order valence-corrected chi connectivity index (χ1v) is 8.48. The summed E-state index contributed by atoms with van der Waals surface area (Å²) in [5.41, 5.74) is 2.13. The van der Waals surface area contributed by atoms with Gasteiger partial charge in [-0.05, 0) is 11.1 Å². The Balaban J connectivity index is 2.63. The van der Waals surface area contributed by atoms with Crippen molar-refractivity contribution in [2.24, 2.45) is 0 Å². The van der Waals surface area contributed by atoms with Gasteiger partial charge in [0.25, 0.3) is 10.2 Å². The SMILES string of the molecule is CCN(CC)S(=O)(=O)NCc1ccc(CBr)cc1. The number of benzene rings is 1. The zero-order chi connectivity index (χ0) is 13.6. The van der Waals surface area contributed by atoms with Crippen LogP contribution in [0.4, 0.5) is 0 Å². The fraction of sp³-hybridized carbons (Fsp3) is 0.500. The van der Waals surface area contributed by atoms with Gasteiger partial charge in [0, 0.05) is 25.0 Å². The van der Waals surface area contributed by atoms with E-state index in [0.29, 0.717) is 19.6 Å². The molecule has 1 aromatic carbocycles. The van der Waals surface area contributed by atoms with E-state index < -0.39 is 10.2 Å². The molecule has 6 heteroatoms. The minimum atomic E-state index is -3.36. The number of nitrogens with zero attached hydrogens (tertiary/aromatic N) is 1. The second kappa shape index (κ2) is 7.23. The summed E-state index contributed by atoms with van der Waals surface area (Å²) >= 11 is 3.37. The predicted octanol–water partition coefficient (Wildman–Crippen LogP) is 2.26. The summed E-state index contributed by atoms with van der Waals surface area (Å²) < 4.78 is 27.8. The fourth-order valence-electron chi connectivity index (χ4n) is 1.58. The number of hydrogen-bond donors (Lipinski definition) is 1. The van der Waals surface area contributed by atoms with Crippen molar-refractivity contribution in [3.63, 3.8) is 0 Å². The molecule has 1 rings (SSSR count). The average Bonchev–Trinajstić information content (AvgIpc) is 2.38. The van der Waals surface area contributed by atoms with Crippen LogP contribution in [0.5, 0.6) is 0 Å². The highest BCUT2D eigenvalue weighted by molar-refractivity contribution is 9.08. The maximum atomic E-state index is 11.9. The van der Waals surface area contributed by atoms with E-state index in [2.05, 4.69) is 20.7 Å². The highest BCUT2D eigenvalue weighted by Crippen LogP contribution is 2.08. The highest BCUT2D eigenvalue weighted by atomic mass is 79.9. The highest BCUT2D eigenvalue weighted by Gasteiger charge is 2.17. The summed E-state index contributed by atoms with van der Waals surface area (Å²) in [4.78, 5) is 0.